The van der Waals surface area contributed by atoms with Crippen molar-refractivity contribution in [2.24, 2.45) is 5.73 Å². The number of hydrogen-bond donors (Lipinski definition) is 1. The Morgan fingerprint density at radius 1 is 1.43 bits per heavy atom. The van der Waals surface area contributed by atoms with Crippen LogP contribution in [0.1, 0.15) is 11.4 Å². The van der Waals surface area contributed by atoms with Gasteiger partial charge in [0.2, 0.25) is 0 Å². The molecule has 0 bridgehead atoms. The number of aryl methyl sites for hydroxylation is 1. The van der Waals surface area contributed by atoms with E-state index in [0.717, 1.165) is 17.1 Å². The number of nitrogens with two attached hydrogens (primary N) is 1. The third-order valence-electron chi connectivity index (χ3n) is 2.00. The largest absolute Gasteiger partial charge is 0.325 e. The van der Waals surface area contributed by atoms with Crippen molar-refractivity contribution in [2.45, 2.75) is 13.5 Å². The van der Waals surface area contributed by atoms with Crippen molar-refractivity contribution >= 4 is 0 Å². The van der Waals surface area contributed by atoms with E-state index in [0.29, 0.717) is 6.54 Å². The highest BCUT2D eigenvalue weighted by Gasteiger charge is 1.99. The molecule has 0 aliphatic heterocycles. The molecule has 0 unspecified atom stereocenters. The van der Waals surface area contributed by atoms with Gasteiger partial charge in [-0.05, 0) is 25.1 Å². The summed E-state index contributed by atoms with van der Waals surface area (Å²) in [6.45, 7) is 2.41. The molecule has 2 aromatic heterocycles. The monoisotopic (exact) mass is 188 g/mol. The van der Waals surface area contributed by atoms with E-state index in [1.165, 1.54) is 0 Å². The molecule has 0 spiro atoms. The Hall–Kier alpha value is -1.68. The predicted molar refractivity (Wildman–Crippen MR) is 54.0 cm³/mol. The first-order valence-electron chi connectivity index (χ1n) is 4.47. The molecular formula is C10H12N4. The lowest BCUT2D eigenvalue weighted by Gasteiger charge is -2.02. The van der Waals surface area contributed by atoms with Crippen LogP contribution in [0.15, 0.2) is 30.6 Å². The Balaban J connectivity index is 2.41. The number of pyridine rings is 1. The normalized spacial score (nSPS) is 10.4. The summed E-state index contributed by atoms with van der Waals surface area (Å²) in [6, 6.07) is 5.81. The van der Waals surface area contributed by atoms with Gasteiger partial charge in [-0.2, -0.15) is 5.10 Å². The van der Waals surface area contributed by atoms with E-state index in [4.69, 9.17) is 5.73 Å². The zero-order valence-corrected chi connectivity index (χ0v) is 8.01. The van der Waals surface area contributed by atoms with Crippen LogP contribution >= 0.6 is 0 Å². The molecule has 0 aliphatic rings. The Morgan fingerprint density at radius 3 is 2.93 bits per heavy atom. The highest BCUT2D eigenvalue weighted by molar-refractivity contribution is 5.31. The molecule has 2 heterocycles. The van der Waals surface area contributed by atoms with Gasteiger partial charge in [0.05, 0.1) is 17.1 Å². The summed E-state index contributed by atoms with van der Waals surface area (Å²) in [5.41, 5.74) is 8.37. The molecule has 72 valence electrons. The lowest BCUT2D eigenvalue weighted by atomic mass is 10.3. The average molecular weight is 188 g/mol. The first-order chi connectivity index (χ1) is 6.79. The molecular weight excluding hydrogens is 176 g/mol. The molecule has 0 radical (unpaired) electrons. The van der Waals surface area contributed by atoms with Crippen LogP contribution in [0.25, 0.3) is 5.69 Å². The Kier molecular flexibility index (Phi) is 2.28. The summed E-state index contributed by atoms with van der Waals surface area (Å²) >= 11 is 0. The quantitative estimate of drug-likeness (QED) is 0.766. The van der Waals surface area contributed by atoms with Gasteiger partial charge < -0.3 is 5.73 Å². The van der Waals surface area contributed by atoms with E-state index >= 15 is 0 Å². The first-order valence-corrected chi connectivity index (χ1v) is 4.47. The minimum Gasteiger partial charge on any atom is -0.325 e. The maximum Gasteiger partial charge on any atom is 0.0679 e. The van der Waals surface area contributed by atoms with Crippen LogP contribution in [0.4, 0.5) is 0 Å². The van der Waals surface area contributed by atoms with Crippen molar-refractivity contribution < 1.29 is 0 Å². The minimum absolute atomic E-state index is 0.452. The van der Waals surface area contributed by atoms with Crippen LogP contribution in [0.2, 0.25) is 0 Å². The van der Waals surface area contributed by atoms with Crippen LogP contribution in [0.3, 0.4) is 0 Å². The van der Waals surface area contributed by atoms with E-state index in [1.54, 1.807) is 6.20 Å². The zero-order valence-electron chi connectivity index (χ0n) is 8.01. The third-order valence-corrected chi connectivity index (χ3v) is 2.00. The summed E-state index contributed by atoms with van der Waals surface area (Å²) in [4.78, 5) is 4.12. The Morgan fingerprint density at radius 2 is 2.29 bits per heavy atom. The SMILES string of the molecule is Cc1ccn(-c2ccnc(CN)c2)n1. The van der Waals surface area contributed by atoms with Gasteiger partial charge in [-0.25, -0.2) is 4.68 Å². The number of aromatic nitrogens is 3. The topological polar surface area (TPSA) is 56.7 Å². The average Bonchev–Trinajstić information content (AvgIpc) is 2.65. The van der Waals surface area contributed by atoms with Gasteiger partial charge in [-0.3, -0.25) is 4.98 Å². The van der Waals surface area contributed by atoms with Crippen molar-refractivity contribution in [2.75, 3.05) is 0 Å². The molecule has 0 atom stereocenters. The second-order valence-corrected chi connectivity index (χ2v) is 3.11. The van der Waals surface area contributed by atoms with Crippen LogP contribution < -0.4 is 5.73 Å². The summed E-state index contributed by atoms with van der Waals surface area (Å²) in [5.74, 6) is 0. The molecule has 4 heteroatoms. The third kappa shape index (κ3) is 1.65. The van der Waals surface area contributed by atoms with E-state index in [9.17, 15) is 0 Å². The summed E-state index contributed by atoms with van der Waals surface area (Å²) in [6.07, 6.45) is 3.67. The lowest BCUT2D eigenvalue weighted by molar-refractivity contribution is 0.852. The first kappa shape index (κ1) is 8.90. The Labute approximate surface area is 82.4 Å². The minimum atomic E-state index is 0.452. The Bertz CT molecular complexity index is 433. The molecule has 4 nitrogen and oxygen atoms in total. The van der Waals surface area contributed by atoms with E-state index < -0.39 is 0 Å². The fourth-order valence-corrected chi connectivity index (χ4v) is 1.28. The highest BCUT2D eigenvalue weighted by atomic mass is 15.3. The molecule has 2 rings (SSSR count). The van der Waals surface area contributed by atoms with Crippen LogP contribution in [-0.2, 0) is 6.54 Å². The molecule has 0 saturated carbocycles. The number of nitrogens with zero attached hydrogens (tertiary/aromatic N) is 3. The zero-order chi connectivity index (χ0) is 9.97. The molecule has 0 aliphatic carbocycles. The molecule has 2 N–H and O–H groups in total. The van der Waals surface area contributed by atoms with Gasteiger partial charge >= 0.3 is 0 Å². The standard InChI is InChI=1S/C10H12N4/c1-8-3-5-14(13-8)10-2-4-12-9(6-10)7-11/h2-6H,7,11H2,1H3. The van der Waals surface area contributed by atoms with Gasteiger partial charge in [0, 0.05) is 18.9 Å². The molecule has 2 aromatic rings. The second-order valence-electron chi connectivity index (χ2n) is 3.11. The summed E-state index contributed by atoms with van der Waals surface area (Å²) in [7, 11) is 0. The number of rotatable bonds is 2. The fraction of sp³-hybridized carbons (Fsp3) is 0.200. The van der Waals surface area contributed by atoms with Gasteiger partial charge in [-0.15, -0.1) is 0 Å². The van der Waals surface area contributed by atoms with Gasteiger partial charge in [0.25, 0.3) is 0 Å². The van der Waals surface area contributed by atoms with E-state index in [2.05, 4.69) is 10.1 Å². The van der Waals surface area contributed by atoms with Crippen molar-refractivity contribution in [3.63, 3.8) is 0 Å². The lowest BCUT2D eigenvalue weighted by Crippen LogP contribution is -2.02. The fourth-order valence-electron chi connectivity index (χ4n) is 1.28. The molecule has 14 heavy (non-hydrogen) atoms. The number of hydrogen-bond acceptors (Lipinski definition) is 3. The summed E-state index contributed by atoms with van der Waals surface area (Å²) in [5, 5.41) is 4.30. The van der Waals surface area contributed by atoms with Crippen molar-refractivity contribution in [1.82, 2.24) is 14.8 Å². The van der Waals surface area contributed by atoms with Crippen molar-refractivity contribution in [3.8, 4) is 5.69 Å². The molecule has 0 fully saturated rings. The van der Waals surface area contributed by atoms with Crippen LogP contribution in [0.5, 0.6) is 0 Å². The van der Waals surface area contributed by atoms with E-state index in [-0.39, 0.29) is 0 Å². The second kappa shape index (κ2) is 3.59. The smallest absolute Gasteiger partial charge is 0.0679 e. The van der Waals surface area contributed by atoms with Gasteiger partial charge in [0.15, 0.2) is 0 Å². The maximum absolute atomic E-state index is 5.51. The molecule has 0 aromatic carbocycles. The molecule has 0 amide bonds. The van der Waals surface area contributed by atoms with E-state index in [1.807, 2.05) is 36.0 Å². The van der Waals surface area contributed by atoms with Crippen molar-refractivity contribution in [1.29, 1.82) is 0 Å². The maximum atomic E-state index is 5.51. The van der Waals surface area contributed by atoms with Crippen molar-refractivity contribution in [3.05, 3.63) is 42.0 Å². The van der Waals surface area contributed by atoms with Crippen LogP contribution in [0, 0.1) is 6.92 Å². The highest BCUT2D eigenvalue weighted by Crippen LogP contribution is 2.07. The predicted octanol–water partition coefficient (Wildman–Crippen LogP) is 1.03. The summed E-state index contributed by atoms with van der Waals surface area (Å²) < 4.78 is 1.82. The van der Waals surface area contributed by atoms with Crippen LogP contribution in [-0.4, -0.2) is 14.8 Å². The van der Waals surface area contributed by atoms with Gasteiger partial charge in [0.1, 0.15) is 0 Å². The van der Waals surface area contributed by atoms with Gasteiger partial charge in [-0.1, -0.05) is 0 Å². The molecule has 0 saturated heterocycles.